The van der Waals surface area contributed by atoms with Crippen molar-refractivity contribution in [3.63, 3.8) is 0 Å². The average molecular weight is 249 g/mol. The van der Waals surface area contributed by atoms with Gasteiger partial charge in [-0.15, -0.1) is 0 Å². The molecule has 2 rings (SSSR count). The number of hydrogen-bond donors (Lipinski definition) is 3. The number of nitrogens with two attached hydrogens (primary N) is 1. The van der Waals surface area contributed by atoms with Crippen molar-refractivity contribution in [1.82, 2.24) is 9.97 Å². The first-order valence-electron chi connectivity index (χ1n) is 6.75. The Bertz CT molecular complexity index is 393. The van der Waals surface area contributed by atoms with E-state index in [2.05, 4.69) is 27.5 Å². The molecule has 0 spiro atoms. The fourth-order valence-corrected chi connectivity index (χ4v) is 2.62. The summed E-state index contributed by atoms with van der Waals surface area (Å²) in [6.45, 7) is 3.32. The highest BCUT2D eigenvalue weighted by Crippen LogP contribution is 2.29. The molecule has 1 heterocycles. The Balaban J connectivity index is 1.94. The van der Waals surface area contributed by atoms with Crippen LogP contribution >= 0.6 is 0 Å². The smallest absolute Gasteiger partial charge is 0.223 e. The molecule has 1 aliphatic carbocycles. The molecule has 0 aromatic carbocycles. The lowest BCUT2D eigenvalue weighted by Crippen LogP contribution is -2.24. The molecule has 5 nitrogen and oxygen atoms in total. The van der Waals surface area contributed by atoms with Crippen molar-refractivity contribution < 1.29 is 0 Å². The summed E-state index contributed by atoms with van der Waals surface area (Å²) in [7, 11) is 1.83. The Morgan fingerprint density at radius 1 is 1.28 bits per heavy atom. The SMILES string of the molecule is CNc1cc(NCC2CCCCC2C)nc(N)n1. The van der Waals surface area contributed by atoms with Gasteiger partial charge in [-0.3, -0.25) is 0 Å². The van der Waals surface area contributed by atoms with Gasteiger partial charge < -0.3 is 16.4 Å². The standard InChI is InChI=1S/C13H23N5/c1-9-5-3-4-6-10(9)8-16-12-7-11(15-2)17-13(14)18-12/h7,9-10H,3-6,8H2,1-2H3,(H4,14,15,16,17,18). The van der Waals surface area contributed by atoms with E-state index in [1.165, 1.54) is 25.7 Å². The van der Waals surface area contributed by atoms with Crippen molar-refractivity contribution in [2.24, 2.45) is 11.8 Å². The summed E-state index contributed by atoms with van der Waals surface area (Å²) >= 11 is 0. The second kappa shape index (κ2) is 5.89. The monoisotopic (exact) mass is 249 g/mol. The summed E-state index contributed by atoms with van der Waals surface area (Å²) in [6, 6.07) is 1.89. The lowest BCUT2D eigenvalue weighted by Gasteiger charge is -2.29. The Morgan fingerprint density at radius 2 is 2.00 bits per heavy atom. The van der Waals surface area contributed by atoms with Crippen LogP contribution in [0.5, 0.6) is 0 Å². The molecule has 0 saturated heterocycles. The van der Waals surface area contributed by atoms with E-state index >= 15 is 0 Å². The van der Waals surface area contributed by atoms with Gasteiger partial charge in [-0.1, -0.05) is 26.2 Å². The van der Waals surface area contributed by atoms with Crippen LogP contribution in [0.15, 0.2) is 6.07 Å². The topological polar surface area (TPSA) is 75.9 Å². The zero-order chi connectivity index (χ0) is 13.0. The van der Waals surface area contributed by atoms with Crippen LogP contribution in [0.3, 0.4) is 0 Å². The van der Waals surface area contributed by atoms with Crippen molar-refractivity contribution in [2.75, 3.05) is 30.0 Å². The molecule has 4 N–H and O–H groups in total. The van der Waals surface area contributed by atoms with Crippen LogP contribution in [0, 0.1) is 11.8 Å². The minimum absolute atomic E-state index is 0.307. The molecule has 2 unspecified atom stereocenters. The minimum atomic E-state index is 0.307. The van der Waals surface area contributed by atoms with Crippen LogP contribution in [0.2, 0.25) is 0 Å². The lowest BCUT2D eigenvalue weighted by atomic mass is 9.80. The van der Waals surface area contributed by atoms with Crippen LogP contribution in [0.25, 0.3) is 0 Å². The predicted molar refractivity (Wildman–Crippen MR) is 75.6 cm³/mol. The number of hydrogen-bond acceptors (Lipinski definition) is 5. The van der Waals surface area contributed by atoms with Crippen LogP contribution in [-0.4, -0.2) is 23.6 Å². The quantitative estimate of drug-likeness (QED) is 0.763. The van der Waals surface area contributed by atoms with E-state index in [0.717, 1.165) is 30.0 Å². The number of nitrogens with zero attached hydrogens (tertiary/aromatic N) is 2. The van der Waals surface area contributed by atoms with Crippen molar-refractivity contribution in [2.45, 2.75) is 32.6 Å². The first-order chi connectivity index (χ1) is 8.69. The van der Waals surface area contributed by atoms with E-state index in [1.54, 1.807) is 0 Å². The molecule has 2 atom stereocenters. The van der Waals surface area contributed by atoms with Crippen molar-refractivity contribution >= 4 is 17.6 Å². The summed E-state index contributed by atoms with van der Waals surface area (Å²) in [4.78, 5) is 8.28. The maximum absolute atomic E-state index is 5.67. The van der Waals surface area contributed by atoms with Crippen molar-refractivity contribution in [3.8, 4) is 0 Å². The normalized spacial score (nSPS) is 23.7. The van der Waals surface area contributed by atoms with Crippen LogP contribution in [-0.2, 0) is 0 Å². The summed E-state index contributed by atoms with van der Waals surface area (Å²) in [5.41, 5.74) is 5.67. The third kappa shape index (κ3) is 3.24. The summed E-state index contributed by atoms with van der Waals surface area (Å²) in [6.07, 6.45) is 5.39. The maximum atomic E-state index is 5.67. The molecule has 1 aromatic rings. The maximum Gasteiger partial charge on any atom is 0.223 e. The molecule has 0 aliphatic heterocycles. The Kier molecular flexibility index (Phi) is 4.23. The zero-order valence-electron chi connectivity index (χ0n) is 11.2. The largest absolute Gasteiger partial charge is 0.373 e. The molecule has 100 valence electrons. The molecule has 1 aliphatic rings. The van der Waals surface area contributed by atoms with E-state index in [-0.39, 0.29) is 0 Å². The van der Waals surface area contributed by atoms with Crippen LogP contribution < -0.4 is 16.4 Å². The Morgan fingerprint density at radius 3 is 2.72 bits per heavy atom. The highest BCUT2D eigenvalue weighted by atomic mass is 15.1. The molecule has 0 amide bonds. The Hall–Kier alpha value is -1.52. The molecule has 0 bridgehead atoms. The number of aromatic nitrogens is 2. The third-order valence-electron chi connectivity index (χ3n) is 3.83. The molecular weight excluding hydrogens is 226 g/mol. The van der Waals surface area contributed by atoms with Gasteiger partial charge in [0.2, 0.25) is 5.95 Å². The van der Waals surface area contributed by atoms with E-state index in [0.29, 0.717) is 5.95 Å². The summed E-state index contributed by atoms with van der Waals surface area (Å²) in [5, 5.41) is 6.37. The highest BCUT2D eigenvalue weighted by molar-refractivity contribution is 5.50. The molecular formula is C13H23N5. The Labute approximate surface area is 109 Å². The second-order valence-corrected chi connectivity index (χ2v) is 5.15. The zero-order valence-corrected chi connectivity index (χ0v) is 11.2. The molecule has 1 saturated carbocycles. The second-order valence-electron chi connectivity index (χ2n) is 5.15. The van der Waals surface area contributed by atoms with Crippen molar-refractivity contribution in [3.05, 3.63) is 6.07 Å². The lowest BCUT2D eigenvalue weighted by molar-refractivity contribution is 0.268. The van der Waals surface area contributed by atoms with Gasteiger partial charge >= 0.3 is 0 Å². The van der Waals surface area contributed by atoms with Gasteiger partial charge in [0.15, 0.2) is 0 Å². The molecule has 0 radical (unpaired) electrons. The van der Waals surface area contributed by atoms with Gasteiger partial charge in [0, 0.05) is 19.7 Å². The van der Waals surface area contributed by atoms with Gasteiger partial charge in [0.05, 0.1) is 0 Å². The molecule has 5 heteroatoms. The molecule has 18 heavy (non-hydrogen) atoms. The highest BCUT2D eigenvalue weighted by Gasteiger charge is 2.20. The van der Waals surface area contributed by atoms with Crippen LogP contribution in [0.4, 0.5) is 17.6 Å². The van der Waals surface area contributed by atoms with Gasteiger partial charge in [-0.05, 0) is 18.3 Å². The number of rotatable bonds is 4. The fraction of sp³-hybridized carbons (Fsp3) is 0.692. The number of anilines is 3. The van der Waals surface area contributed by atoms with E-state index in [9.17, 15) is 0 Å². The minimum Gasteiger partial charge on any atom is -0.373 e. The van der Waals surface area contributed by atoms with Crippen LogP contribution in [0.1, 0.15) is 32.6 Å². The van der Waals surface area contributed by atoms with Gasteiger partial charge in [-0.25, -0.2) is 0 Å². The molecule has 1 aromatic heterocycles. The number of nitrogen functional groups attached to an aromatic ring is 1. The van der Waals surface area contributed by atoms with E-state index < -0.39 is 0 Å². The summed E-state index contributed by atoms with van der Waals surface area (Å²) in [5.74, 6) is 3.41. The average Bonchev–Trinajstić information content (AvgIpc) is 2.37. The van der Waals surface area contributed by atoms with Gasteiger partial charge in [-0.2, -0.15) is 9.97 Å². The molecule has 1 fully saturated rings. The summed E-state index contributed by atoms with van der Waals surface area (Å²) < 4.78 is 0. The van der Waals surface area contributed by atoms with Gasteiger partial charge in [0.1, 0.15) is 11.6 Å². The first-order valence-corrected chi connectivity index (χ1v) is 6.75. The third-order valence-corrected chi connectivity index (χ3v) is 3.83. The van der Waals surface area contributed by atoms with Gasteiger partial charge in [0.25, 0.3) is 0 Å². The van der Waals surface area contributed by atoms with E-state index in [4.69, 9.17) is 5.73 Å². The fourth-order valence-electron chi connectivity index (χ4n) is 2.62. The first kappa shape index (κ1) is 12.9. The number of nitrogens with one attached hydrogen (secondary N) is 2. The predicted octanol–water partition coefficient (Wildman–Crippen LogP) is 2.34. The van der Waals surface area contributed by atoms with E-state index in [1.807, 2.05) is 13.1 Å². The van der Waals surface area contributed by atoms with Crippen molar-refractivity contribution in [1.29, 1.82) is 0 Å².